The Kier molecular flexibility index (Phi) is 4.46. The molecule has 1 aromatic rings. The first-order chi connectivity index (χ1) is 9.32. The SMILES string of the molecule is Cc1ccc(F)c(S(=O)(=O)NCC2(C)CCNCC2)c1. The van der Waals surface area contributed by atoms with Crippen LogP contribution in [0.15, 0.2) is 23.1 Å². The average Bonchev–Trinajstić information content (AvgIpc) is 2.40. The van der Waals surface area contributed by atoms with Crippen LogP contribution in [-0.4, -0.2) is 28.1 Å². The minimum atomic E-state index is -3.80. The van der Waals surface area contributed by atoms with Gasteiger partial charge >= 0.3 is 0 Å². The number of halogens is 1. The van der Waals surface area contributed by atoms with Gasteiger partial charge in [0.05, 0.1) is 0 Å². The van der Waals surface area contributed by atoms with Gasteiger partial charge in [-0.25, -0.2) is 17.5 Å². The fourth-order valence-electron chi connectivity index (χ4n) is 2.37. The van der Waals surface area contributed by atoms with E-state index in [1.165, 1.54) is 12.1 Å². The van der Waals surface area contributed by atoms with E-state index in [1.807, 2.05) is 0 Å². The Morgan fingerprint density at radius 3 is 2.65 bits per heavy atom. The van der Waals surface area contributed by atoms with Crippen molar-refractivity contribution in [3.8, 4) is 0 Å². The van der Waals surface area contributed by atoms with Crippen LogP contribution >= 0.6 is 0 Å². The molecule has 0 spiro atoms. The molecule has 4 nitrogen and oxygen atoms in total. The number of rotatable bonds is 4. The van der Waals surface area contributed by atoms with Gasteiger partial charge in [-0.1, -0.05) is 13.0 Å². The topological polar surface area (TPSA) is 58.2 Å². The van der Waals surface area contributed by atoms with E-state index in [0.717, 1.165) is 31.5 Å². The number of benzene rings is 1. The van der Waals surface area contributed by atoms with Crippen LogP contribution < -0.4 is 10.0 Å². The van der Waals surface area contributed by atoms with Crippen molar-refractivity contribution in [3.63, 3.8) is 0 Å². The van der Waals surface area contributed by atoms with E-state index in [-0.39, 0.29) is 10.3 Å². The van der Waals surface area contributed by atoms with Gasteiger partial charge in [0, 0.05) is 6.54 Å². The van der Waals surface area contributed by atoms with E-state index in [0.29, 0.717) is 6.54 Å². The highest BCUT2D eigenvalue weighted by molar-refractivity contribution is 7.89. The average molecular weight is 300 g/mol. The van der Waals surface area contributed by atoms with Gasteiger partial charge in [0.2, 0.25) is 10.0 Å². The van der Waals surface area contributed by atoms with Gasteiger partial charge in [-0.3, -0.25) is 0 Å². The fraction of sp³-hybridized carbons (Fsp3) is 0.571. The number of hydrogen-bond acceptors (Lipinski definition) is 3. The molecule has 1 aromatic carbocycles. The second kappa shape index (κ2) is 5.79. The predicted molar refractivity (Wildman–Crippen MR) is 76.5 cm³/mol. The van der Waals surface area contributed by atoms with Crippen LogP contribution in [0.1, 0.15) is 25.3 Å². The largest absolute Gasteiger partial charge is 0.317 e. The fourth-order valence-corrected chi connectivity index (χ4v) is 3.73. The summed E-state index contributed by atoms with van der Waals surface area (Å²) in [6, 6.07) is 4.11. The molecule has 0 aliphatic carbocycles. The van der Waals surface area contributed by atoms with Crippen LogP contribution in [0.4, 0.5) is 4.39 Å². The van der Waals surface area contributed by atoms with Crippen molar-refractivity contribution in [1.82, 2.24) is 10.0 Å². The Labute approximate surface area is 119 Å². The van der Waals surface area contributed by atoms with Crippen molar-refractivity contribution in [2.75, 3.05) is 19.6 Å². The summed E-state index contributed by atoms with van der Waals surface area (Å²) in [4.78, 5) is -0.268. The van der Waals surface area contributed by atoms with Crippen molar-refractivity contribution >= 4 is 10.0 Å². The Bertz CT molecular complexity index is 581. The second-order valence-corrected chi connectivity index (χ2v) is 7.55. The summed E-state index contributed by atoms with van der Waals surface area (Å²) in [5, 5.41) is 3.25. The Balaban J connectivity index is 2.13. The van der Waals surface area contributed by atoms with E-state index < -0.39 is 15.8 Å². The third-order valence-corrected chi connectivity index (χ3v) is 5.29. The molecule has 20 heavy (non-hydrogen) atoms. The van der Waals surface area contributed by atoms with Crippen LogP contribution in [0.2, 0.25) is 0 Å². The van der Waals surface area contributed by atoms with Gasteiger partial charge < -0.3 is 5.32 Å². The van der Waals surface area contributed by atoms with Gasteiger partial charge in [0.15, 0.2) is 0 Å². The lowest BCUT2D eigenvalue weighted by atomic mass is 9.81. The van der Waals surface area contributed by atoms with Crippen molar-refractivity contribution in [1.29, 1.82) is 0 Å². The monoisotopic (exact) mass is 300 g/mol. The molecule has 1 saturated heterocycles. The number of piperidine rings is 1. The molecule has 112 valence electrons. The smallest absolute Gasteiger partial charge is 0.243 e. The Hall–Kier alpha value is -0.980. The number of aryl methyl sites for hydroxylation is 1. The highest BCUT2D eigenvalue weighted by Crippen LogP contribution is 2.27. The Morgan fingerprint density at radius 2 is 2.00 bits per heavy atom. The van der Waals surface area contributed by atoms with Crippen molar-refractivity contribution < 1.29 is 12.8 Å². The summed E-state index contributed by atoms with van der Waals surface area (Å²) in [5.41, 5.74) is 0.651. The van der Waals surface area contributed by atoms with Gasteiger partial charge in [-0.05, 0) is 56.0 Å². The van der Waals surface area contributed by atoms with E-state index in [9.17, 15) is 12.8 Å². The molecule has 0 bridgehead atoms. The zero-order valence-corrected chi connectivity index (χ0v) is 12.7. The zero-order chi connectivity index (χ0) is 14.8. The molecule has 1 aliphatic heterocycles. The highest BCUT2D eigenvalue weighted by atomic mass is 32.2. The third-order valence-electron chi connectivity index (χ3n) is 3.88. The number of sulfonamides is 1. The van der Waals surface area contributed by atoms with Crippen LogP contribution in [0.3, 0.4) is 0 Å². The summed E-state index contributed by atoms with van der Waals surface area (Å²) in [6.45, 7) is 5.91. The molecule has 1 heterocycles. The third kappa shape index (κ3) is 3.56. The summed E-state index contributed by atoms with van der Waals surface area (Å²) >= 11 is 0. The maximum absolute atomic E-state index is 13.7. The van der Waals surface area contributed by atoms with Gasteiger partial charge in [0.1, 0.15) is 10.7 Å². The van der Waals surface area contributed by atoms with Gasteiger partial charge in [-0.15, -0.1) is 0 Å². The van der Waals surface area contributed by atoms with Crippen molar-refractivity contribution in [3.05, 3.63) is 29.6 Å². The molecule has 6 heteroatoms. The van der Waals surface area contributed by atoms with E-state index in [2.05, 4.69) is 17.0 Å². The van der Waals surface area contributed by atoms with E-state index in [4.69, 9.17) is 0 Å². The molecule has 0 atom stereocenters. The number of hydrogen-bond donors (Lipinski definition) is 2. The zero-order valence-electron chi connectivity index (χ0n) is 11.9. The van der Waals surface area contributed by atoms with Gasteiger partial charge in [0.25, 0.3) is 0 Å². The molecule has 0 unspecified atom stereocenters. The van der Waals surface area contributed by atoms with E-state index in [1.54, 1.807) is 13.0 Å². The lowest BCUT2D eigenvalue weighted by molar-refractivity contribution is 0.232. The molecule has 2 rings (SSSR count). The molecular formula is C14H21FN2O2S. The first-order valence-corrected chi connectivity index (χ1v) is 8.27. The Morgan fingerprint density at radius 1 is 1.35 bits per heavy atom. The summed E-state index contributed by atoms with van der Waals surface area (Å²) in [7, 11) is -3.80. The lowest BCUT2D eigenvalue weighted by Gasteiger charge is -2.34. The molecule has 0 amide bonds. The summed E-state index contributed by atoms with van der Waals surface area (Å²) in [6.07, 6.45) is 1.82. The molecule has 0 aromatic heterocycles. The lowest BCUT2D eigenvalue weighted by Crippen LogP contribution is -2.43. The maximum Gasteiger partial charge on any atom is 0.243 e. The molecule has 0 radical (unpaired) electrons. The molecule has 1 fully saturated rings. The van der Waals surface area contributed by atoms with Crippen molar-refractivity contribution in [2.45, 2.75) is 31.6 Å². The van der Waals surface area contributed by atoms with Crippen LogP contribution in [0.25, 0.3) is 0 Å². The number of nitrogens with one attached hydrogen (secondary N) is 2. The summed E-state index contributed by atoms with van der Waals surface area (Å²) < 4.78 is 40.7. The molecular weight excluding hydrogens is 279 g/mol. The minimum Gasteiger partial charge on any atom is -0.317 e. The first kappa shape index (κ1) is 15.4. The molecule has 0 saturated carbocycles. The summed E-state index contributed by atoms with van der Waals surface area (Å²) in [5.74, 6) is -0.710. The van der Waals surface area contributed by atoms with Gasteiger partial charge in [-0.2, -0.15) is 0 Å². The van der Waals surface area contributed by atoms with E-state index >= 15 is 0 Å². The molecule has 2 N–H and O–H groups in total. The van der Waals surface area contributed by atoms with Crippen LogP contribution in [0, 0.1) is 18.2 Å². The predicted octanol–water partition coefficient (Wildman–Crippen LogP) is 1.80. The normalized spacial score (nSPS) is 18.9. The minimum absolute atomic E-state index is 0.0708. The maximum atomic E-state index is 13.7. The second-order valence-electron chi connectivity index (χ2n) is 5.82. The van der Waals surface area contributed by atoms with Crippen LogP contribution in [-0.2, 0) is 10.0 Å². The van der Waals surface area contributed by atoms with Crippen LogP contribution in [0.5, 0.6) is 0 Å². The first-order valence-electron chi connectivity index (χ1n) is 6.79. The quantitative estimate of drug-likeness (QED) is 0.891. The molecule has 1 aliphatic rings. The van der Waals surface area contributed by atoms with Crippen molar-refractivity contribution in [2.24, 2.45) is 5.41 Å². The highest BCUT2D eigenvalue weighted by Gasteiger charge is 2.29. The standard InChI is InChI=1S/C14H21FN2O2S/c1-11-3-4-12(15)13(9-11)20(18,19)17-10-14(2)5-7-16-8-6-14/h3-4,9,16-17H,5-8,10H2,1-2H3.